The molecule has 0 heterocycles. The molecule has 0 aromatic heterocycles. The van der Waals surface area contributed by atoms with E-state index in [1.165, 1.54) is 0 Å². The Labute approximate surface area is 62.5 Å². The third-order valence-electron chi connectivity index (χ3n) is 0.989. The van der Waals surface area contributed by atoms with Gasteiger partial charge in [-0.2, -0.15) is 0 Å². The van der Waals surface area contributed by atoms with Crippen molar-refractivity contribution in [2.45, 2.75) is 0 Å². The highest BCUT2D eigenvalue weighted by molar-refractivity contribution is 5.34. The molecule has 0 bridgehead atoms. The summed E-state index contributed by atoms with van der Waals surface area (Å²) in [4.78, 5) is 9.72. The van der Waals surface area contributed by atoms with Gasteiger partial charge < -0.3 is 10.1 Å². The molecule has 0 spiro atoms. The summed E-state index contributed by atoms with van der Waals surface area (Å²) in [6, 6.07) is 8.52. The fourth-order valence-corrected chi connectivity index (χ4v) is 0.583. The molecule has 0 aliphatic heterocycles. The third kappa shape index (κ3) is 2.53. The van der Waals surface area contributed by atoms with Crippen molar-refractivity contribution in [2.75, 3.05) is 0 Å². The van der Waals surface area contributed by atoms with Crippen LogP contribution >= 0.6 is 0 Å². The quantitative estimate of drug-likeness (QED) is 0.368. The van der Waals surface area contributed by atoms with Gasteiger partial charge in [-0.3, -0.25) is 0 Å². The van der Waals surface area contributed by atoms with Crippen LogP contribution in [-0.4, -0.2) is 5.03 Å². The normalized spacial score (nSPS) is 10.2. The van der Waals surface area contributed by atoms with E-state index >= 15 is 0 Å². The van der Waals surface area contributed by atoms with Gasteiger partial charge in [0.1, 0.15) is 0 Å². The Morgan fingerprint density at radius 3 is 2.45 bits per heavy atom. The fraction of sp³-hybridized carbons (Fsp3) is 0. The summed E-state index contributed by atoms with van der Waals surface area (Å²) < 4.78 is 0. The number of rotatable bonds is 2. The minimum atomic E-state index is -0.840. The zero-order chi connectivity index (χ0) is 8.10. The molecular formula is C6H5N3O2. The Hall–Kier alpha value is -1.78. The molecule has 11 heavy (non-hydrogen) atoms. The van der Waals surface area contributed by atoms with E-state index < -0.39 is 5.03 Å². The summed E-state index contributed by atoms with van der Waals surface area (Å²) in [6.45, 7) is 0. The molecule has 0 radical (unpaired) electrons. The first-order valence-electron chi connectivity index (χ1n) is 2.90. The first-order valence-corrected chi connectivity index (χ1v) is 2.90. The Morgan fingerprint density at radius 2 is 1.91 bits per heavy atom. The van der Waals surface area contributed by atoms with Gasteiger partial charge in [0.15, 0.2) is 5.22 Å². The molecule has 0 fully saturated rings. The summed E-state index contributed by atoms with van der Waals surface area (Å²) in [5.41, 5.74) is 0.476. The highest BCUT2D eigenvalue weighted by Gasteiger charge is 1.93. The van der Waals surface area contributed by atoms with Crippen LogP contribution in [-0.2, 0) is 0 Å². The highest BCUT2D eigenvalue weighted by atomic mass is 16.7. The van der Waals surface area contributed by atoms with E-state index in [0.29, 0.717) is 5.69 Å². The molecule has 1 rings (SSSR count). The molecule has 0 atom stereocenters. The van der Waals surface area contributed by atoms with Crippen LogP contribution in [0.1, 0.15) is 0 Å². The molecule has 56 valence electrons. The van der Waals surface area contributed by atoms with E-state index in [9.17, 15) is 10.1 Å². The Morgan fingerprint density at radius 1 is 1.27 bits per heavy atom. The minimum absolute atomic E-state index is 0.476. The third-order valence-corrected chi connectivity index (χ3v) is 0.989. The van der Waals surface area contributed by atoms with Crippen LogP contribution < -0.4 is 0 Å². The molecular weight excluding hydrogens is 146 g/mol. The molecule has 0 aliphatic rings. The molecule has 0 saturated carbocycles. The molecule has 0 amide bonds. The van der Waals surface area contributed by atoms with Crippen LogP contribution in [0.15, 0.2) is 40.7 Å². The number of benzene rings is 1. The van der Waals surface area contributed by atoms with Gasteiger partial charge in [0.25, 0.3) is 0 Å². The maximum Gasteiger partial charge on any atom is 0.203 e. The topological polar surface area (TPSA) is 67.9 Å². The molecule has 1 aromatic rings. The average molecular weight is 151 g/mol. The van der Waals surface area contributed by atoms with Gasteiger partial charge in [0.2, 0.25) is 5.69 Å². The molecule has 1 aromatic carbocycles. The lowest BCUT2D eigenvalue weighted by Crippen LogP contribution is -1.79. The smallest absolute Gasteiger partial charge is 0.203 e. The van der Waals surface area contributed by atoms with Gasteiger partial charge in [-0.25, -0.2) is 0 Å². The van der Waals surface area contributed by atoms with Crippen LogP contribution in [0.3, 0.4) is 0 Å². The zero-order valence-electron chi connectivity index (χ0n) is 5.54. The summed E-state index contributed by atoms with van der Waals surface area (Å²) in [6.07, 6.45) is 0. The molecule has 0 saturated heterocycles. The summed E-state index contributed by atoms with van der Waals surface area (Å²) in [7, 11) is 0. The van der Waals surface area contributed by atoms with Crippen molar-refractivity contribution in [1.82, 2.24) is 0 Å². The maximum absolute atomic E-state index is 9.72. The molecule has 0 N–H and O–H groups in total. The van der Waals surface area contributed by atoms with E-state index in [1.807, 2.05) is 0 Å². The molecule has 0 aliphatic carbocycles. The van der Waals surface area contributed by atoms with Gasteiger partial charge >= 0.3 is 0 Å². The SMILES string of the molecule is O=[N+]([O-])/N=N/c1ccccc1. The standard InChI is InChI=1S/C6H5N3O2/c10-9(11)8-7-6-4-2-1-3-5-6/h1-5H/b8-7+. The van der Waals surface area contributed by atoms with Crippen molar-refractivity contribution in [2.24, 2.45) is 10.3 Å². The van der Waals surface area contributed by atoms with Gasteiger partial charge in [0.05, 0.1) is 10.1 Å². The van der Waals surface area contributed by atoms with E-state index in [4.69, 9.17) is 0 Å². The van der Waals surface area contributed by atoms with E-state index in [1.54, 1.807) is 30.3 Å². The number of nitro groups is 1. The van der Waals surface area contributed by atoms with Gasteiger partial charge in [-0.05, 0) is 12.1 Å². The van der Waals surface area contributed by atoms with Crippen molar-refractivity contribution in [3.8, 4) is 0 Å². The lowest BCUT2D eigenvalue weighted by molar-refractivity contribution is -0.493. The average Bonchev–Trinajstić information content (AvgIpc) is 2.03. The largest absolute Gasteiger partial charge is 0.337 e. The first-order chi connectivity index (χ1) is 5.29. The minimum Gasteiger partial charge on any atom is -0.337 e. The van der Waals surface area contributed by atoms with Crippen LogP contribution in [0, 0.1) is 10.1 Å². The number of nitrogens with zero attached hydrogens (tertiary/aromatic N) is 3. The monoisotopic (exact) mass is 151 g/mol. The van der Waals surface area contributed by atoms with Crippen molar-refractivity contribution >= 4 is 5.69 Å². The summed E-state index contributed by atoms with van der Waals surface area (Å²) in [5.74, 6) is 0. The van der Waals surface area contributed by atoms with Gasteiger partial charge in [-0.15, -0.1) is 0 Å². The fourth-order valence-electron chi connectivity index (χ4n) is 0.583. The van der Waals surface area contributed by atoms with E-state index in [2.05, 4.69) is 10.3 Å². The van der Waals surface area contributed by atoms with Crippen molar-refractivity contribution in [1.29, 1.82) is 0 Å². The first kappa shape index (κ1) is 7.33. The molecule has 5 heteroatoms. The maximum atomic E-state index is 9.72. The van der Waals surface area contributed by atoms with Crippen molar-refractivity contribution < 1.29 is 5.03 Å². The summed E-state index contributed by atoms with van der Waals surface area (Å²) >= 11 is 0. The second kappa shape index (κ2) is 3.40. The second-order valence-corrected chi connectivity index (χ2v) is 1.76. The number of hydrogen-bond donors (Lipinski definition) is 0. The van der Waals surface area contributed by atoms with Gasteiger partial charge in [0, 0.05) is 0 Å². The lowest BCUT2D eigenvalue weighted by Gasteiger charge is -1.80. The Bertz CT molecular complexity index is 270. The van der Waals surface area contributed by atoms with Gasteiger partial charge in [-0.1, -0.05) is 18.2 Å². The van der Waals surface area contributed by atoms with Crippen LogP contribution in [0.4, 0.5) is 5.69 Å². The van der Waals surface area contributed by atoms with Crippen molar-refractivity contribution in [3.63, 3.8) is 0 Å². The lowest BCUT2D eigenvalue weighted by atomic mass is 10.3. The van der Waals surface area contributed by atoms with E-state index in [-0.39, 0.29) is 0 Å². The summed E-state index contributed by atoms with van der Waals surface area (Å²) in [5, 5.41) is 15.0. The predicted molar refractivity (Wildman–Crippen MR) is 38.0 cm³/mol. The molecule has 5 nitrogen and oxygen atoms in total. The highest BCUT2D eigenvalue weighted by Crippen LogP contribution is 2.09. The van der Waals surface area contributed by atoms with Crippen LogP contribution in [0.5, 0.6) is 0 Å². The Balaban J connectivity index is 2.72. The molecule has 0 unspecified atom stereocenters. The second-order valence-electron chi connectivity index (χ2n) is 1.76. The van der Waals surface area contributed by atoms with Crippen LogP contribution in [0.25, 0.3) is 0 Å². The predicted octanol–water partition coefficient (Wildman–Crippen LogP) is 1.96. The zero-order valence-corrected chi connectivity index (χ0v) is 5.54. The van der Waals surface area contributed by atoms with E-state index in [0.717, 1.165) is 0 Å². The number of hydrogen-bond acceptors (Lipinski definition) is 3. The Kier molecular flexibility index (Phi) is 2.27. The van der Waals surface area contributed by atoms with Crippen molar-refractivity contribution in [3.05, 3.63) is 40.4 Å². The van der Waals surface area contributed by atoms with Crippen LogP contribution in [0.2, 0.25) is 0 Å².